The van der Waals surface area contributed by atoms with E-state index in [1.165, 1.54) is 6.07 Å². The lowest BCUT2D eigenvalue weighted by Gasteiger charge is -2.12. The standard InChI is InChI=1S/C8H8Cl2FNO/c9-4-1-2-5(11)8(10)7(4)6(13)3-12/h1-2,6,13H,3,12H2/t6-/m1/s1. The van der Waals surface area contributed by atoms with Gasteiger partial charge in [0.25, 0.3) is 0 Å². The molecule has 0 fully saturated rings. The molecule has 0 bridgehead atoms. The molecule has 13 heavy (non-hydrogen) atoms. The number of aliphatic hydroxyl groups excluding tert-OH is 1. The molecule has 2 nitrogen and oxygen atoms in total. The number of hydrogen-bond donors (Lipinski definition) is 2. The van der Waals surface area contributed by atoms with Crippen LogP contribution in [0.25, 0.3) is 0 Å². The molecule has 0 saturated heterocycles. The van der Waals surface area contributed by atoms with Gasteiger partial charge in [0.15, 0.2) is 0 Å². The lowest BCUT2D eigenvalue weighted by molar-refractivity contribution is 0.186. The number of aliphatic hydroxyl groups is 1. The van der Waals surface area contributed by atoms with E-state index < -0.39 is 11.9 Å². The summed E-state index contributed by atoms with van der Waals surface area (Å²) in [6.45, 7) is -0.0527. The molecule has 72 valence electrons. The molecular formula is C8H8Cl2FNO. The van der Waals surface area contributed by atoms with Crippen LogP contribution in [0.1, 0.15) is 11.7 Å². The Labute approximate surface area is 85.1 Å². The average molecular weight is 224 g/mol. The third-order valence-corrected chi connectivity index (χ3v) is 2.35. The maximum Gasteiger partial charge on any atom is 0.142 e. The Bertz CT molecular complexity index is 319. The number of halogens is 3. The first-order valence-corrected chi connectivity index (χ1v) is 4.35. The highest BCUT2D eigenvalue weighted by molar-refractivity contribution is 6.36. The van der Waals surface area contributed by atoms with E-state index in [-0.39, 0.29) is 22.2 Å². The minimum Gasteiger partial charge on any atom is -0.387 e. The molecule has 1 aromatic carbocycles. The lowest BCUT2D eigenvalue weighted by Crippen LogP contribution is -2.12. The first-order valence-electron chi connectivity index (χ1n) is 3.59. The summed E-state index contributed by atoms with van der Waals surface area (Å²) in [5.41, 5.74) is 5.35. The van der Waals surface area contributed by atoms with Crippen LogP contribution >= 0.6 is 23.2 Å². The topological polar surface area (TPSA) is 46.2 Å². The maximum absolute atomic E-state index is 12.9. The molecule has 0 saturated carbocycles. The maximum atomic E-state index is 12.9. The Balaban J connectivity index is 3.25. The van der Waals surface area contributed by atoms with Crippen molar-refractivity contribution in [3.05, 3.63) is 33.6 Å². The first-order chi connectivity index (χ1) is 6.07. The fourth-order valence-corrected chi connectivity index (χ4v) is 1.59. The Morgan fingerprint density at radius 1 is 1.46 bits per heavy atom. The molecule has 0 aliphatic heterocycles. The summed E-state index contributed by atoms with van der Waals surface area (Å²) in [6, 6.07) is 2.47. The van der Waals surface area contributed by atoms with E-state index in [0.717, 1.165) is 6.07 Å². The van der Waals surface area contributed by atoms with Crippen molar-refractivity contribution in [3.63, 3.8) is 0 Å². The summed E-state index contributed by atoms with van der Waals surface area (Å²) >= 11 is 11.3. The van der Waals surface area contributed by atoms with Crippen LogP contribution < -0.4 is 5.73 Å². The second-order valence-electron chi connectivity index (χ2n) is 2.51. The zero-order valence-corrected chi connectivity index (χ0v) is 8.11. The van der Waals surface area contributed by atoms with E-state index in [9.17, 15) is 9.50 Å². The Kier molecular flexibility index (Phi) is 3.50. The fraction of sp³-hybridized carbons (Fsp3) is 0.250. The summed E-state index contributed by atoms with van der Waals surface area (Å²) < 4.78 is 12.9. The normalized spacial score (nSPS) is 13.0. The van der Waals surface area contributed by atoms with E-state index >= 15 is 0 Å². The highest BCUT2D eigenvalue weighted by Crippen LogP contribution is 2.31. The zero-order chi connectivity index (χ0) is 10.0. The molecule has 0 unspecified atom stereocenters. The molecular weight excluding hydrogens is 216 g/mol. The van der Waals surface area contributed by atoms with Gasteiger partial charge in [-0.25, -0.2) is 4.39 Å². The molecule has 0 radical (unpaired) electrons. The number of rotatable bonds is 2. The number of hydrogen-bond acceptors (Lipinski definition) is 2. The predicted octanol–water partition coefficient (Wildman–Crippen LogP) is 2.12. The first kappa shape index (κ1) is 10.7. The Hall–Kier alpha value is -0.350. The van der Waals surface area contributed by atoms with Crippen LogP contribution in [-0.2, 0) is 0 Å². The summed E-state index contributed by atoms with van der Waals surface area (Å²) in [4.78, 5) is 0. The average Bonchev–Trinajstić information content (AvgIpc) is 2.12. The smallest absolute Gasteiger partial charge is 0.142 e. The van der Waals surface area contributed by atoms with Crippen LogP contribution in [0, 0.1) is 5.82 Å². The SMILES string of the molecule is NC[C@@H](O)c1c(Cl)ccc(F)c1Cl. The van der Waals surface area contributed by atoms with Crippen LogP contribution in [-0.4, -0.2) is 11.7 Å². The highest BCUT2D eigenvalue weighted by Gasteiger charge is 2.16. The van der Waals surface area contributed by atoms with Crippen LogP contribution in [0.4, 0.5) is 4.39 Å². The molecule has 0 aromatic heterocycles. The molecule has 0 aliphatic carbocycles. The zero-order valence-electron chi connectivity index (χ0n) is 6.60. The van der Waals surface area contributed by atoms with Crippen LogP contribution in [0.3, 0.4) is 0 Å². The van der Waals surface area contributed by atoms with Crippen molar-refractivity contribution in [2.75, 3.05) is 6.54 Å². The summed E-state index contributed by atoms with van der Waals surface area (Å²) in [7, 11) is 0. The third kappa shape index (κ3) is 2.11. The van der Waals surface area contributed by atoms with Gasteiger partial charge in [-0.3, -0.25) is 0 Å². The molecule has 3 N–H and O–H groups in total. The summed E-state index contributed by atoms with van der Waals surface area (Å²) in [6.07, 6.45) is -1.03. The predicted molar refractivity (Wildman–Crippen MR) is 50.4 cm³/mol. The van der Waals surface area contributed by atoms with Crippen LogP contribution in [0.5, 0.6) is 0 Å². The molecule has 0 spiro atoms. The van der Waals surface area contributed by atoms with Gasteiger partial charge >= 0.3 is 0 Å². The van der Waals surface area contributed by atoms with E-state index in [1.54, 1.807) is 0 Å². The molecule has 0 heterocycles. The Morgan fingerprint density at radius 3 is 2.62 bits per heavy atom. The van der Waals surface area contributed by atoms with E-state index in [2.05, 4.69) is 0 Å². The van der Waals surface area contributed by atoms with Crippen molar-refractivity contribution in [2.45, 2.75) is 6.10 Å². The van der Waals surface area contributed by atoms with Gasteiger partial charge < -0.3 is 10.8 Å². The number of benzene rings is 1. The van der Waals surface area contributed by atoms with Crippen molar-refractivity contribution in [1.29, 1.82) is 0 Å². The largest absolute Gasteiger partial charge is 0.387 e. The second-order valence-corrected chi connectivity index (χ2v) is 3.29. The van der Waals surface area contributed by atoms with Crippen LogP contribution in [0.15, 0.2) is 12.1 Å². The van der Waals surface area contributed by atoms with Gasteiger partial charge in [0.1, 0.15) is 5.82 Å². The van der Waals surface area contributed by atoms with E-state index in [4.69, 9.17) is 28.9 Å². The van der Waals surface area contributed by atoms with E-state index in [1.807, 2.05) is 0 Å². The molecule has 0 amide bonds. The molecule has 5 heteroatoms. The second kappa shape index (κ2) is 4.24. The van der Waals surface area contributed by atoms with Crippen molar-refractivity contribution in [3.8, 4) is 0 Å². The van der Waals surface area contributed by atoms with Gasteiger partial charge in [-0.2, -0.15) is 0 Å². The van der Waals surface area contributed by atoms with Gasteiger partial charge in [-0.1, -0.05) is 23.2 Å². The van der Waals surface area contributed by atoms with Crippen LogP contribution in [0.2, 0.25) is 10.0 Å². The third-order valence-electron chi connectivity index (χ3n) is 1.64. The minimum atomic E-state index is -1.03. The molecule has 1 atom stereocenters. The van der Waals surface area contributed by atoms with Crippen molar-refractivity contribution in [2.24, 2.45) is 5.73 Å². The van der Waals surface area contributed by atoms with Gasteiger partial charge in [0.05, 0.1) is 11.1 Å². The lowest BCUT2D eigenvalue weighted by atomic mass is 10.1. The fourth-order valence-electron chi connectivity index (χ4n) is 0.966. The quantitative estimate of drug-likeness (QED) is 0.755. The number of nitrogens with two attached hydrogens (primary N) is 1. The minimum absolute atomic E-state index is 0.0527. The van der Waals surface area contributed by atoms with Crippen molar-refractivity contribution < 1.29 is 9.50 Å². The molecule has 1 aromatic rings. The van der Waals surface area contributed by atoms with Crippen molar-refractivity contribution in [1.82, 2.24) is 0 Å². The molecule has 0 aliphatic rings. The van der Waals surface area contributed by atoms with Gasteiger partial charge in [0, 0.05) is 17.1 Å². The van der Waals surface area contributed by atoms with Gasteiger partial charge in [-0.15, -0.1) is 0 Å². The monoisotopic (exact) mass is 223 g/mol. The van der Waals surface area contributed by atoms with Gasteiger partial charge in [-0.05, 0) is 12.1 Å². The highest BCUT2D eigenvalue weighted by atomic mass is 35.5. The summed E-state index contributed by atoms with van der Waals surface area (Å²) in [5, 5.41) is 9.39. The summed E-state index contributed by atoms with van der Waals surface area (Å²) in [5.74, 6) is -0.617. The molecule has 1 rings (SSSR count). The Morgan fingerprint density at radius 2 is 2.08 bits per heavy atom. The van der Waals surface area contributed by atoms with Gasteiger partial charge in [0.2, 0.25) is 0 Å². The van der Waals surface area contributed by atoms with Crippen molar-refractivity contribution >= 4 is 23.2 Å². The van der Waals surface area contributed by atoms with E-state index in [0.29, 0.717) is 0 Å².